The molecule has 2 aliphatic rings. The van der Waals surface area contributed by atoms with Crippen molar-refractivity contribution in [3.8, 4) is 0 Å². The number of ether oxygens (including phenoxy) is 3. The highest BCUT2D eigenvalue weighted by Gasteiger charge is 2.29. The van der Waals surface area contributed by atoms with E-state index in [0.717, 1.165) is 32.1 Å². The van der Waals surface area contributed by atoms with Crippen molar-refractivity contribution in [1.29, 1.82) is 0 Å². The fourth-order valence-electron chi connectivity index (χ4n) is 3.61. The number of hydrogen-bond acceptors (Lipinski definition) is 5. The van der Waals surface area contributed by atoms with Crippen LogP contribution in [-0.2, 0) is 19.0 Å². The van der Waals surface area contributed by atoms with Gasteiger partial charge < -0.3 is 19.3 Å². The van der Waals surface area contributed by atoms with Crippen molar-refractivity contribution < 1.29 is 24.1 Å². The lowest BCUT2D eigenvalue weighted by molar-refractivity contribution is -0.140. The minimum atomic E-state index is -0.370. The number of esters is 1. The van der Waals surface area contributed by atoms with Gasteiger partial charge in [-0.2, -0.15) is 0 Å². The summed E-state index contributed by atoms with van der Waals surface area (Å²) in [4.78, 5) is 11.4. The zero-order valence-electron chi connectivity index (χ0n) is 16.0. The van der Waals surface area contributed by atoms with E-state index in [9.17, 15) is 4.79 Å². The van der Waals surface area contributed by atoms with Gasteiger partial charge in [0.05, 0.1) is 32.0 Å². The molecule has 0 aliphatic heterocycles. The molecule has 0 amide bonds. The highest BCUT2D eigenvalue weighted by molar-refractivity contribution is 5.86. The number of hydrogen-bond donors (Lipinski definition) is 1. The lowest BCUT2D eigenvalue weighted by atomic mass is 9.77. The minimum absolute atomic E-state index is 0.0587. The fourth-order valence-corrected chi connectivity index (χ4v) is 3.61. The van der Waals surface area contributed by atoms with E-state index in [4.69, 9.17) is 19.3 Å². The summed E-state index contributed by atoms with van der Waals surface area (Å²) in [5.41, 5.74) is 3.06. The van der Waals surface area contributed by atoms with E-state index in [1.165, 1.54) is 11.1 Å². The third-order valence-corrected chi connectivity index (χ3v) is 5.01. The molecule has 0 bridgehead atoms. The van der Waals surface area contributed by atoms with Gasteiger partial charge >= 0.3 is 5.97 Å². The van der Waals surface area contributed by atoms with Gasteiger partial charge in [-0.15, -0.1) is 0 Å². The van der Waals surface area contributed by atoms with E-state index in [2.05, 4.69) is 25.7 Å². The predicted molar refractivity (Wildman–Crippen MR) is 101 cm³/mol. The second-order valence-electron chi connectivity index (χ2n) is 7.23. The van der Waals surface area contributed by atoms with E-state index >= 15 is 0 Å². The molecular formula is C21H32O5. The van der Waals surface area contributed by atoms with Gasteiger partial charge in [-0.25, -0.2) is 4.79 Å². The summed E-state index contributed by atoms with van der Waals surface area (Å²) < 4.78 is 16.8. The number of aliphatic hydroxyl groups is 1. The van der Waals surface area contributed by atoms with Crippen LogP contribution in [0.4, 0.5) is 0 Å². The maximum atomic E-state index is 11.4. The monoisotopic (exact) mass is 364 g/mol. The normalized spacial score (nSPS) is 26.0. The molecule has 1 fully saturated rings. The summed E-state index contributed by atoms with van der Waals surface area (Å²) in [6, 6.07) is 0. The van der Waals surface area contributed by atoms with Gasteiger partial charge in [0.25, 0.3) is 0 Å². The van der Waals surface area contributed by atoms with Crippen molar-refractivity contribution in [2.24, 2.45) is 5.92 Å². The van der Waals surface area contributed by atoms with Crippen molar-refractivity contribution in [3.05, 3.63) is 35.5 Å². The summed E-state index contributed by atoms with van der Waals surface area (Å²) in [6.45, 7) is 8.48. The van der Waals surface area contributed by atoms with E-state index in [0.29, 0.717) is 24.7 Å². The maximum absolute atomic E-state index is 11.4. The van der Waals surface area contributed by atoms with Crippen LogP contribution in [0, 0.1) is 5.92 Å². The van der Waals surface area contributed by atoms with Crippen molar-refractivity contribution in [3.63, 3.8) is 0 Å². The molecular weight excluding hydrogens is 332 g/mol. The van der Waals surface area contributed by atoms with Crippen LogP contribution < -0.4 is 0 Å². The Labute approximate surface area is 156 Å². The summed E-state index contributed by atoms with van der Waals surface area (Å²) in [5, 5.41) is 8.89. The topological polar surface area (TPSA) is 65.0 Å². The van der Waals surface area contributed by atoms with E-state index < -0.39 is 0 Å². The first-order valence-electron chi connectivity index (χ1n) is 9.55. The molecule has 5 heteroatoms. The van der Waals surface area contributed by atoms with Gasteiger partial charge in [0, 0.05) is 5.57 Å². The van der Waals surface area contributed by atoms with E-state index in [1.54, 1.807) is 6.92 Å². The smallest absolute Gasteiger partial charge is 0.333 e. The van der Waals surface area contributed by atoms with Gasteiger partial charge in [0.1, 0.15) is 6.61 Å². The van der Waals surface area contributed by atoms with Crippen LogP contribution in [0.25, 0.3) is 0 Å². The molecule has 0 aromatic heterocycles. The molecule has 1 atom stereocenters. The number of rotatable bonds is 9. The first kappa shape index (κ1) is 20.9. The van der Waals surface area contributed by atoms with Crippen molar-refractivity contribution in [2.45, 2.75) is 58.2 Å². The third-order valence-electron chi connectivity index (χ3n) is 5.01. The highest BCUT2D eigenvalue weighted by atomic mass is 16.6. The first-order chi connectivity index (χ1) is 12.5. The fraction of sp³-hybridized carbons (Fsp3) is 0.667. The van der Waals surface area contributed by atoms with Crippen LogP contribution in [0.5, 0.6) is 0 Å². The van der Waals surface area contributed by atoms with E-state index in [1.807, 2.05) is 0 Å². The van der Waals surface area contributed by atoms with Gasteiger partial charge in [0.15, 0.2) is 0 Å². The van der Waals surface area contributed by atoms with Gasteiger partial charge in [0.2, 0.25) is 0 Å². The second kappa shape index (κ2) is 10.7. The Morgan fingerprint density at radius 3 is 2.54 bits per heavy atom. The molecule has 146 valence electrons. The molecule has 0 spiro atoms. The Balaban J connectivity index is 1.83. The second-order valence-corrected chi connectivity index (χ2v) is 7.23. The molecule has 1 N–H and O–H groups in total. The summed E-state index contributed by atoms with van der Waals surface area (Å²) in [7, 11) is 0. The van der Waals surface area contributed by atoms with Crippen LogP contribution in [0.15, 0.2) is 35.5 Å². The Kier molecular flexibility index (Phi) is 8.55. The number of carbonyl (C=O) groups is 1. The van der Waals surface area contributed by atoms with Crippen molar-refractivity contribution in [2.75, 3.05) is 26.4 Å². The quantitative estimate of drug-likeness (QED) is 0.386. The van der Waals surface area contributed by atoms with Crippen LogP contribution in [-0.4, -0.2) is 49.7 Å². The molecule has 2 rings (SSSR count). The first-order valence-corrected chi connectivity index (χ1v) is 9.55. The van der Waals surface area contributed by atoms with Crippen LogP contribution in [0.2, 0.25) is 0 Å². The average molecular weight is 364 g/mol. The van der Waals surface area contributed by atoms with Crippen molar-refractivity contribution >= 4 is 5.97 Å². The average Bonchev–Trinajstić information content (AvgIpc) is 2.64. The molecule has 26 heavy (non-hydrogen) atoms. The Bertz CT molecular complexity index is 541. The Morgan fingerprint density at radius 1 is 1.15 bits per heavy atom. The van der Waals surface area contributed by atoms with Crippen LogP contribution in [0.3, 0.4) is 0 Å². The third kappa shape index (κ3) is 6.38. The van der Waals surface area contributed by atoms with Gasteiger partial charge in [-0.05, 0) is 57.4 Å². The highest BCUT2D eigenvalue weighted by Crippen LogP contribution is 2.36. The molecule has 0 aromatic rings. The lowest BCUT2D eigenvalue weighted by Crippen LogP contribution is -2.30. The minimum Gasteiger partial charge on any atom is -0.460 e. The maximum Gasteiger partial charge on any atom is 0.333 e. The SMILES string of the molecule is C=C(C)C(=O)OCCOC1CC(C)=CC=C1C1CCC(OCCO)CC1. The zero-order valence-corrected chi connectivity index (χ0v) is 16.0. The molecule has 0 aromatic carbocycles. The molecule has 0 saturated heterocycles. The molecule has 0 heterocycles. The zero-order chi connectivity index (χ0) is 18.9. The van der Waals surface area contributed by atoms with Gasteiger partial charge in [-0.1, -0.05) is 24.3 Å². The summed E-state index contributed by atoms with van der Waals surface area (Å²) in [5.74, 6) is 0.140. The lowest BCUT2D eigenvalue weighted by Gasteiger charge is -2.34. The summed E-state index contributed by atoms with van der Waals surface area (Å²) in [6.07, 6.45) is 9.82. The molecule has 2 aliphatic carbocycles. The largest absolute Gasteiger partial charge is 0.460 e. The van der Waals surface area contributed by atoms with Crippen molar-refractivity contribution in [1.82, 2.24) is 0 Å². The molecule has 1 unspecified atom stereocenters. The predicted octanol–water partition coefficient (Wildman–Crippen LogP) is 3.34. The number of allylic oxidation sites excluding steroid dienone is 2. The van der Waals surface area contributed by atoms with E-state index in [-0.39, 0.29) is 31.4 Å². The number of carbonyl (C=O) groups excluding carboxylic acids is 1. The molecule has 1 saturated carbocycles. The Morgan fingerprint density at radius 2 is 1.88 bits per heavy atom. The summed E-state index contributed by atoms with van der Waals surface area (Å²) >= 11 is 0. The van der Waals surface area contributed by atoms with Gasteiger partial charge in [-0.3, -0.25) is 0 Å². The Hall–Kier alpha value is -1.43. The number of aliphatic hydroxyl groups excluding tert-OH is 1. The molecule has 0 radical (unpaired) electrons. The van der Waals surface area contributed by atoms with Crippen LogP contribution in [0.1, 0.15) is 46.0 Å². The molecule has 5 nitrogen and oxygen atoms in total. The standard InChI is InChI=1S/C21H32O5/c1-15(2)21(23)26-13-12-25-20-14-16(3)4-9-19(20)17-5-7-18(8-6-17)24-11-10-22/h4,9,17-18,20,22H,1,5-8,10-14H2,2-3H3. The van der Waals surface area contributed by atoms with Crippen LogP contribution >= 0.6 is 0 Å².